The number of nitrogens with zero attached hydrogens (tertiary/aromatic N) is 3. The fourth-order valence-electron chi connectivity index (χ4n) is 2.11. The van der Waals surface area contributed by atoms with Crippen molar-refractivity contribution in [3.05, 3.63) is 52.8 Å². The van der Waals surface area contributed by atoms with Crippen molar-refractivity contribution in [1.29, 1.82) is 0 Å². The number of nitrogens with one attached hydrogen (secondary N) is 1. The molecule has 2 aromatic heterocycles. The van der Waals surface area contributed by atoms with E-state index in [2.05, 4.69) is 15.0 Å². The van der Waals surface area contributed by atoms with E-state index in [-0.39, 0.29) is 5.56 Å². The predicted octanol–water partition coefficient (Wildman–Crippen LogP) is 0.610. The Morgan fingerprint density at radius 3 is 2.95 bits per heavy atom. The Labute approximate surface area is 108 Å². The van der Waals surface area contributed by atoms with Crippen molar-refractivity contribution in [3.63, 3.8) is 0 Å². The van der Waals surface area contributed by atoms with E-state index in [1.54, 1.807) is 0 Å². The number of fused-ring (bicyclic) bond motifs is 1. The average Bonchev–Trinajstić information content (AvgIpc) is 2.77. The molecule has 0 saturated heterocycles. The largest absolute Gasteiger partial charge is 0.330 e. The zero-order chi connectivity index (χ0) is 13.2. The summed E-state index contributed by atoms with van der Waals surface area (Å²) in [6.45, 7) is 0.493. The van der Waals surface area contributed by atoms with Gasteiger partial charge in [-0.2, -0.15) is 0 Å². The molecule has 2 heterocycles. The van der Waals surface area contributed by atoms with Gasteiger partial charge in [0.25, 0.3) is 5.56 Å². The second kappa shape index (κ2) is 4.66. The van der Waals surface area contributed by atoms with E-state index in [0.717, 1.165) is 16.9 Å². The van der Waals surface area contributed by atoms with E-state index >= 15 is 0 Å². The number of benzene rings is 1. The van der Waals surface area contributed by atoms with Gasteiger partial charge < -0.3 is 10.7 Å². The number of imidazole rings is 1. The van der Waals surface area contributed by atoms with Crippen LogP contribution in [0.25, 0.3) is 16.9 Å². The lowest BCUT2D eigenvalue weighted by atomic mass is 10.3. The Morgan fingerprint density at radius 2 is 2.16 bits per heavy atom. The fourth-order valence-corrected chi connectivity index (χ4v) is 2.11. The zero-order valence-corrected chi connectivity index (χ0v) is 10.2. The molecule has 6 heteroatoms. The topological polar surface area (TPSA) is 89.6 Å². The normalized spacial score (nSPS) is 11.0. The Balaban J connectivity index is 2.31. The van der Waals surface area contributed by atoms with Crippen molar-refractivity contribution in [2.45, 2.75) is 6.42 Å². The third kappa shape index (κ3) is 2.02. The van der Waals surface area contributed by atoms with Crippen LogP contribution < -0.4 is 11.3 Å². The van der Waals surface area contributed by atoms with E-state index in [1.807, 2.05) is 28.8 Å². The van der Waals surface area contributed by atoms with Crippen LogP contribution in [0.2, 0.25) is 0 Å². The number of hydrogen-bond acceptors (Lipinski definition) is 4. The summed E-state index contributed by atoms with van der Waals surface area (Å²) in [5, 5.41) is 0. The van der Waals surface area contributed by atoms with Crippen LogP contribution >= 0.6 is 0 Å². The van der Waals surface area contributed by atoms with E-state index < -0.39 is 0 Å². The summed E-state index contributed by atoms with van der Waals surface area (Å²) >= 11 is 0. The lowest BCUT2D eigenvalue weighted by Crippen LogP contribution is -2.13. The third-order valence-electron chi connectivity index (χ3n) is 2.89. The maximum Gasteiger partial charge on any atom is 0.252 e. The van der Waals surface area contributed by atoms with Crippen LogP contribution in [0.1, 0.15) is 5.82 Å². The highest BCUT2D eigenvalue weighted by molar-refractivity contribution is 5.77. The molecule has 0 aliphatic rings. The summed E-state index contributed by atoms with van der Waals surface area (Å²) in [5.74, 6) is 1.36. The van der Waals surface area contributed by atoms with Crippen molar-refractivity contribution in [3.8, 4) is 5.82 Å². The molecule has 0 amide bonds. The molecule has 1 aromatic carbocycles. The second-order valence-corrected chi connectivity index (χ2v) is 4.16. The minimum absolute atomic E-state index is 0.193. The van der Waals surface area contributed by atoms with Gasteiger partial charge >= 0.3 is 0 Å². The first kappa shape index (κ1) is 11.6. The smallest absolute Gasteiger partial charge is 0.252 e. The molecule has 0 radical (unpaired) electrons. The second-order valence-electron chi connectivity index (χ2n) is 4.16. The Bertz CT molecular complexity index is 774. The minimum atomic E-state index is -0.193. The summed E-state index contributed by atoms with van der Waals surface area (Å²) in [6.07, 6.45) is 2.02. The van der Waals surface area contributed by atoms with Crippen molar-refractivity contribution >= 4 is 11.0 Å². The van der Waals surface area contributed by atoms with Gasteiger partial charge in [0.15, 0.2) is 0 Å². The summed E-state index contributed by atoms with van der Waals surface area (Å²) in [5.41, 5.74) is 7.21. The lowest BCUT2D eigenvalue weighted by molar-refractivity contribution is 0.830. The summed E-state index contributed by atoms with van der Waals surface area (Å²) in [6, 6.07) is 9.19. The molecule has 6 nitrogen and oxygen atoms in total. The molecule has 0 aliphatic heterocycles. The molecule has 3 aromatic rings. The van der Waals surface area contributed by atoms with Crippen LogP contribution in [0.4, 0.5) is 0 Å². The number of rotatable bonds is 3. The Hall–Kier alpha value is -2.47. The van der Waals surface area contributed by atoms with Gasteiger partial charge in [0.05, 0.1) is 17.4 Å². The van der Waals surface area contributed by atoms with Crippen LogP contribution in [0.3, 0.4) is 0 Å². The van der Waals surface area contributed by atoms with Crippen LogP contribution in [-0.4, -0.2) is 26.1 Å². The molecule has 0 spiro atoms. The van der Waals surface area contributed by atoms with Gasteiger partial charge in [-0.15, -0.1) is 0 Å². The van der Waals surface area contributed by atoms with Gasteiger partial charge in [-0.25, -0.2) is 9.97 Å². The third-order valence-corrected chi connectivity index (χ3v) is 2.89. The zero-order valence-electron chi connectivity index (χ0n) is 10.2. The van der Waals surface area contributed by atoms with Crippen molar-refractivity contribution in [1.82, 2.24) is 19.5 Å². The standard InChI is InChI=1S/C13H13N5O/c14-6-5-11-17-9-3-1-2-4-10(9)18(11)12-7-13(19)16-8-15-12/h1-4,7-8H,5-6,14H2,(H,15,16,19). The number of hydrogen-bond donors (Lipinski definition) is 2. The lowest BCUT2D eigenvalue weighted by Gasteiger charge is -2.06. The number of aromatic nitrogens is 4. The van der Waals surface area contributed by atoms with Crippen LogP contribution in [0, 0.1) is 0 Å². The van der Waals surface area contributed by atoms with Crippen molar-refractivity contribution in [2.75, 3.05) is 6.54 Å². The first-order valence-electron chi connectivity index (χ1n) is 6.01. The predicted molar refractivity (Wildman–Crippen MR) is 72.2 cm³/mol. The first-order chi connectivity index (χ1) is 9.29. The first-order valence-corrected chi connectivity index (χ1v) is 6.01. The van der Waals surface area contributed by atoms with Crippen LogP contribution in [0.15, 0.2) is 41.5 Å². The molecule has 0 bridgehead atoms. The van der Waals surface area contributed by atoms with Gasteiger partial charge in [0.2, 0.25) is 0 Å². The van der Waals surface area contributed by atoms with Gasteiger partial charge in [-0.1, -0.05) is 12.1 Å². The molecule has 19 heavy (non-hydrogen) atoms. The monoisotopic (exact) mass is 255 g/mol. The van der Waals surface area contributed by atoms with Gasteiger partial charge in [-0.05, 0) is 18.7 Å². The van der Waals surface area contributed by atoms with E-state index in [4.69, 9.17) is 5.73 Å². The van der Waals surface area contributed by atoms with Crippen molar-refractivity contribution < 1.29 is 0 Å². The van der Waals surface area contributed by atoms with E-state index in [1.165, 1.54) is 12.4 Å². The number of para-hydroxylation sites is 2. The SMILES string of the molecule is NCCc1nc2ccccc2n1-c1cc(=O)[nH]cn1. The Morgan fingerprint density at radius 1 is 1.32 bits per heavy atom. The minimum Gasteiger partial charge on any atom is -0.330 e. The number of nitrogens with two attached hydrogens (primary N) is 1. The molecule has 0 aliphatic carbocycles. The highest BCUT2D eigenvalue weighted by Gasteiger charge is 2.12. The van der Waals surface area contributed by atoms with Gasteiger partial charge in [0, 0.05) is 12.5 Å². The summed E-state index contributed by atoms with van der Waals surface area (Å²) < 4.78 is 1.87. The fraction of sp³-hybridized carbons (Fsp3) is 0.154. The number of H-pyrrole nitrogens is 1. The van der Waals surface area contributed by atoms with Crippen LogP contribution in [0.5, 0.6) is 0 Å². The number of aromatic amines is 1. The van der Waals surface area contributed by atoms with Gasteiger partial charge in [-0.3, -0.25) is 9.36 Å². The Kier molecular flexibility index (Phi) is 2.85. The summed E-state index contributed by atoms with van der Waals surface area (Å²) in [4.78, 5) is 22.7. The maximum absolute atomic E-state index is 11.4. The molecular weight excluding hydrogens is 242 g/mol. The summed E-state index contributed by atoms with van der Waals surface area (Å²) in [7, 11) is 0. The van der Waals surface area contributed by atoms with Gasteiger partial charge in [0.1, 0.15) is 11.6 Å². The molecule has 0 atom stereocenters. The highest BCUT2D eigenvalue weighted by Crippen LogP contribution is 2.19. The average molecular weight is 255 g/mol. The molecule has 96 valence electrons. The highest BCUT2D eigenvalue weighted by atomic mass is 16.1. The molecular formula is C13H13N5O. The molecule has 0 fully saturated rings. The maximum atomic E-state index is 11.4. The molecule has 0 unspecified atom stereocenters. The molecule has 3 rings (SSSR count). The van der Waals surface area contributed by atoms with E-state index in [0.29, 0.717) is 18.8 Å². The molecule has 3 N–H and O–H groups in total. The van der Waals surface area contributed by atoms with E-state index in [9.17, 15) is 4.79 Å². The van der Waals surface area contributed by atoms with Crippen molar-refractivity contribution in [2.24, 2.45) is 5.73 Å². The molecule has 0 saturated carbocycles. The quantitative estimate of drug-likeness (QED) is 0.717. The van der Waals surface area contributed by atoms with Crippen LogP contribution in [-0.2, 0) is 6.42 Å².